The van der Waals surface area contributed by atoms with Gasteiger partial charge < -0.3 is 10.6 Å². The highest BCUT2D eigenvalue weighted by molar-refractivity contribution is 5.99. The third-order valence-corrected chi connectivity index (χ3v) is 4.17. The number of benzene rings is 2. The Kier molecular flexibility index (Phi) is 4.20. The summed E-state index contributed by atoms with van der Waals surface area (Å²) in [7, 11) is 0. The molecule has 0 amide bonds. The number of nitrogens with zero attached hydrogens (tertiary/aromatic N) is 2. The standard InChI is InChI=1S/C20H23N3/c1-14(2)23(19-13-7-10-16-9-6-11-17(16)19)20(21)22-18-12-5-4-8-15(18)3/h4-8,10-14H,9H2,1-3H3,(H2,21,22). The molecule has 3 rings (SSSR count). The van der Waals surface area contributed by atoms with E-state index in [1.54, 1.807) is 0 Å². The van der Waals surface area contributed by atoms with Crippen molar-refractivity contribution in [2.75, 3.05) is 4.90 Å². The number of aryl methyl sites for hydroxylation is 1. The molecule has 0 saturated heterocycles. The van der Waals surface area contributed by atoms with Crippen molar-refractivity contribution in [3.8, 4) is 0 Å². The van der Waals surface area contributed by atoms with Crippen molar-refractivity contribution in [1.29, 1.82) is 0 Å². The zero-order valence-electron chi connectivity index (χ0n) is 14.0. The fourth-order valence-corrected chi connectivity index (χ4v) is 3.02. The van der Waals surface area contributed by atoms with Crippen LogP contribution in [0.5, 0.6) is 0 Å². The van der Waals surface area contributed by atoms with E-state index in [-0.39, 0.29) is 6.04 Å². The number of rotatable bonds is 3. The molecule has 0 aliphatic heterocycles. The van der Waals surface area contributed by atoms with E-state index >= 15 is 0 Å². The van der Waals surface area contributed by atoms with Crippen LogP contribution in [0.25, 0.3) is 6.08 Å². The normalized spacial score (nSPS) is 13.5. The summed E-state index contributed by atoms with van der Waals surface area (Å²) in [6.07, 6.45) is 5.37. The SMILES string of the molecule is Cc1ccccc1N=C(N)N(c1cccc2c1C=CC2)C(C)C. The molecule has 3 heteroatoms. The highest BCUT2D eigenvalue weighted by atomic mass is 15.3. The van der Waals surface area contributed by atoms with Crippen LogP contribution in [-0.4, -0.2) is 12.0 Å². The zero-order valence-corrected chi connectivity index (χ0v) is 14.0. The van der Waals surface area contributed by atoms with Gasteiger partial charge in [-0.2, -0.15) is 0 Å². The molecule has 2 aromatic carbocycles. The summed E-state index contributed by atoms with van der Waals surface area (Å²) >= 11 is 0. The van der Waals surface area contributed by atoms with E-state index in [1.807, 2.05) is 18.2 Å². The molecular formula is C20H23N3. The number of hydrogen-bond acceptors (Lipinski definition) is 1. The third-order valence-electron chi connectivity index (χ3n) is 4.17. The minimum atomic E-state index is 0.225. The van der Waals surface area contributed by atoms with Crippen molar-refractivity contribution in [3.63, 3.8) is 0 Å². The van der Waals surface area contributed by atoms with Gasteiger partial charge in [0.2, 0.25) is 5.96 Å². The summed E-state index contributed by atoms with van der Waals surface area (Å²) in [5.41, 5.74) is 12.2. The molecule has 0 heterocycles. The maximum atomic E-state index is 6.40. The van der Waals surface area contributed by atoms with Crippen molar-refractivity contribution in [3.05, 3.63) is 65.2 Å². The number of para-hydroxylation sites is 1. The van der Waals surface area contributed by atoms with Crippen molar-refractivity contribution in [1.82, 2.24) is 0 Å². The maximum Gasteiger partial charge on any atom is 0.201 e. The molecule has 118 valence electrons. The van der Waals surface area contributed by atoms with Crippen molar-refractivity contribution in [2.24, 2.45) is 10.7 Å². The summed E-state index contributed by atoms with van der Waals surface area (Å²) in [6.45, 7) is 6.32. The molecule has 0 fully saturated rings. The Balaban J connectivity index is 2.05. The molecular weight excluding hydrogens is 282 g/mol. The van der Waals surface area contributed by atoms with E-state index in [1.165, 1.54) is 11.1 Å². The van der Waals surface area contributed by atoms with Gasteiger partial charge in [0.25, 0.3) is 0 Å². The first kappa shape index (κ1) is 15.3. The van der Waals surface area contributed by atoms with Gasteiger partial charge in [0.1, 0.15) is 0 Å². The molecule has 2 N–H and O–H groups in total. The second kappa shape index (κ2) is 6.29. The van der Waals surface area contributed by atoms with Gasteiger partial charge in [-0.1, -0.05) is 42.5 Å². The number of allylic oxidation sites excluding steroid dienone is 1. The lowest BCUT2D eigenvalue weighted by molar-refractivity contribution is 0.801. The zero-order chi connectivity index (χ0) is 16.4. The van der Waals surface area contributed by atoms with E-state index < -0.39 is 0 Å². The highest BCUT2D eigenvalue weighted by Gasteiger charge is 2.20. The molecule has 3 nitrogen and oxygen atoms in total. The number of nitrogens with two attached hydrogens (primary N) is 1. The third kappa shape index (κ3) is 3.00. The fraction of sp³-hybridized carbons (Fsp3) is 0.250. The number of aliphatic imine (C=N–C) groups is 1. The predicted octanol–water partition coefficient (Wildman–Crippen LogP) is 4.43. The van der Waals surface area contributed by atoms with Crippen molar-refractivity contribution in [2.45, 2.75) is 33.2 Å². The number of anilines is 1. The van der Waals surface area contributed by atoms with Gasteiger partial charge in [0.05, 0.1) is 11.4 Å². The monoisotopic (exact) mass is 305 g/mol. The average molecular weight is 305 g/mol. The van der Waals surface area contributed by atoms with Gasteiger partial charge in [-0.05, 0) is 50.5 Å². The van der Waals surface area contributed by atoms with E-state index in [2.05, 4.69) is 67.1 Å². The summed E-state index contributed by atoms with van der Waals surface area (Å²) in [5, 5.41) is 0. The molecule has 23 heavy (non-hydrogen) atoms. The van der Waals surface area contributed by atoms with Crippen LogP contribution in [0.2, 0.25) is 0 Å². The molecule has 1 aliphatic carbocycles. The Bertz CT molecular complexity index is 772. The van der Waals surface area contributed by atoms with Gasteiger partial charge in [-0.15, -0.1) is 0 Å². The largest absolute Gasteiger partial charge is 0.369 e. The van der Waals surface area contributed by atoms with Gasteiger partial charge in [0.15, 0.2) is 0 Å². The van der Waals surface area contributed by atoms with Crippen LogP contribution >= 0.6 is 0 Å². The molecule has 0 aromatic heterocycles. The average Bonchev–Trinajstić information content (AvgIpc) is 2.99. The lowest BCUT2D eigenvalue weighted by Crippen LogP contribution is -2.42. The Morgan fingerprint density at radius 2 is 1.91 bits per heavy atom. The Morgan fingerprint density at radius 3 is 2.65 bits per heavy atom. The number of fused-ring (bicyclic) bond motifs is 1. The second-order valence-corrected chi connectivity index (χ2v) is 6.18. The van der Waals surface area contributed by atoms with Gasteiger partial charge in [0, 0.05) is 11.6 Å². The fourth-order valence-electron chi connectivity index (χ4n) is 3.02. The van der Waals surface area contributed by atoms with Crippen LogP contribution < -0.4 is 10.6 Å². The molecule has 0 radical (unpaired) electrons. The molecule has 0 atom stereocenters. The predicted molar refractivity (Wildman–Crippen MR) is 99.3 cm³/mol. The lowest BCUT2D eigenvalue weighted by atomic mass is 10.1. The van der Waals surface area contributed by atoms with E-state index in [9.17, 15) is 0 Å². The summed E-state index contributed by atoms with van der Waals surface area (Å²) in [5.74, 6) is 0.531. The smallest absolute Gasteiger partial charge is 0.201 e. The van der Waals surface area contributed by atoms with Gasteiger partial charge in [-0.25, -0.2) is 4.99 Å². The van der Waals surface area contributed by atoms with Crippen LogP contribution in [0.4, 0.5) is 11.4 Å². The Labute approximate surface area is 138 Å². The lowest BCUT2D eigenvalue weighted by Gasteiger charge is -2.29. The maximum absolute atomic E-state index is 6.40. The van der Waals surface area contributed by atoms with E-state index in [0.717, 1.165) is 23.4 Å². The van der Waals surface area contributed by atoms with Crippen LogP contribution in [-0.2, 0) is 6.42 Å². The Hall–Kier alpha value is -2.55. The first-order chi connectivity index (χ1) is 11.1. The van der Waals surface area contributed by atoms with E-state index in [0.29, 0.717) is 5.96 Å². The minimum Gasteiger partial charge on any atom is -0.369 e. The van der Waals surface area contributed by atoms with Gasteiger partial charge >= 0.3 is 0 Å². The quantitative estimate of drug-likeness (QED) is 0.673. The van der Waals surface area contributed by atoms with E-state index in [4.69, 9.17) is 5.73 Å². The number of guanidine groups is 1. The molecule has 2 aromatic rings. The topological polar surface area (TPSA) is 41.6 Å². The number of hydrogen-bond donors (Lipinski definition) is 1. The summed E-state index contributed by atoms with van der Waals surface area (Å²) in [6, 6.07) is 14.7. The van der Waals surface area contributed by atoms with Crippen LogP contribution in [0, 0.1) is 6.92 Å². The van der Waals surface area contributed by atoms with Gasteiger partial charge in [-0.3, -0.25) is 0 Å². The molecule has 0 saturated carbocycles. The van der Waals surface area contributed by atoms with Crippen molar-refractivity contribution >= 4 is 23.4 Å². The summed E-state index contributed by atoms with van der Waals surface area (Å²) in [4.78, 5) is 6.79. The first-order valence-corrected chi connectivity index (χ1v) is 8.05. The van der Waals surface area contributed by atoms with Crippen LogP contribution in [0.3, 0.4) is 0 Å². The first-order valence-electron chi connectivity index (χ1n) is 8.05. The molecule has 0 bridgehead atoms. The molecule has 1 aliphatic rings. The minimum absolute atomic E-state index is 0.225. The highest BCUT2D eigenvalue weighted by Crippen LogP contribution is 2.31. The molecule has 0 spiro atoms. The summed E-state index contributed by atoms with van der Waals surface area (Å²) < 4.78 is 0. The Morgan fingerprint density at radius 1 is 1.13 bits per heavy atom. The van der Waals surface area contributed by atoms with Crippen LogP contribution in [0.1, 0.15) is 30.5 Å². The van der Waals surface area contributed by atoms with Crippen LogP contribution in [0.15, 0.2) is 53.5 Å². The second-order valence-electron chi connectivity index (χ2n) is 6.18. The van der Waals surface area contributed by atoms with Crippen molar-refractivity contribution < 1.29 is 0 Å². The molecule has 0 unspecified atom stereocenters.